The van der Waals surface area contributed by atoms with E-state index in [-0.39, 0.29) is 0 Å². The van der Waals surface area contributed by atoms with Gasteiger partial charge in [-0.25, -0.2) is 9.97 Å². The number of likely N-dealkylation sites (N-methyl/N-ethyl adjacent to an activating group) is 1. The van der Waals surface area contributed by atoms with Gasteiger partial charge < -0.3 is 14.4 Å². The fourth-order valence-corrected chi connectivity index (χ4v) is 4.32. The molecule has 29 heavy (non-hydrogen) atoms. The number of rotatable bonds is 7. The molecule has 1 atom stereocenters. The summed E-state index contributed by atoms with van der Waals surface area (Å²) in [6.45, 7) is 5.19. The van der Waals surface area contributed by atoms with Crippen molar-refractivity contribution in [1.29, 1.82) is 0 Å². The molecule has 1 aromatic heterocycles. The number of fused-ring (bicyclic) bond motifs is 1. The predicted octanol–water partition coefficient (Wildman–Crippen LogP) is 3.22. The van der Waals surface area contributed by atoms with Crippen molar-refractivity contribution < 1.29 is 9.47 Å². The van der Waals surface area contributed by atoms with E-state index < -0.39 is 0 Å². The number of hydrogen-bond donors (Lipinski definition) is 0. The lowest BCUT2D eigenvalue weighted by Crippen LogP contribution is -2.35. The van der Waals surface area contributed by atoms with Crippen LogP contribution in [0.15, 0.2) is 30.5 Å². The van der Waals surface area contributed by atoms with Gasteiger partial charge in [-0.05, 0) is 44.1 Å². The Kier molecular flexibility index (Phi) is 6.74. The van der Waals surface area contributed by atoms with Gasteiger partial charge in [0, 0.05) is 50.6 Å². The maximum atomic E-state index is 5.79. The topological polar surface area (TPSA) is 50.7 Å². The first-order valence-electron chi connectivity index (χ1n) is 10.7. The summed E-state index contributed by atoms with van der Waals surface area (Å²) in [7, 11) is 3.85. The third-order valence-electron chi connectivity index (χ3n) is 5.90. The van der Waals surface area contributed by atoms with Gasteiger partial charge in [-0.15, -0.1) is 0 Å². The Labute approximate surface area is 173 Å². The van der Waals surface area contributed by atoms with Gasteiger partial charge in [0.1, 0.15) is 18.2 Å². The van der Waals surface area contributed by atoms with Crippen molar-refractivity contribution >= 4 is 0 Å². The molecule has 0 unspecified atom stereocenters. The first-order chi connectivity index (χ1) is 14.2. The second-order valence-corrected chi connectivity index (χ2v) is 8.16. The van der Waals surface area contributed by atoms with Crippen molar-refractivity contribution in [3.63, 3.8) is 0 Å². The van der Waals surface area contributed by atoms with Gasteiger partial charge >= 0.3 is 0 Å². The van der Waals surface area contributed by atoms with Crippen molar-refractivity contribution in [1.82, 2.24) is 19.8 Å². The maximum Gasteiger partial charge on any atom is 0.145 e. The molecule has 0 N–H and O–H groups in total. The van der Waals surface area contributed by atoms with Crippen LogP contribution >= 0.6 is 0 Å². The molecule has 0 amide bonds. The number of ether oxygens (including phenoxy) is 2. The molecule has 1 aromatic carbocycles. The highest BCUT2D eigenvalue weighted by Gasteiger charge is 2.27. The molecule has 0 spiro atoms. The second-order valence-electron chi connectivity index (χ2n) is 8.16. The molecule has 0 radical (unpaired) electrons. The van der Waals surface area contributed by atoms with Crippen LogP contribution in [0.3, 0.4) is 0 Å². The van der Waals surface area contributed by atoms with Gasteiger partial charge in [-0.1, -0.05) is 18.6 Å². The third kappa shape index (κ3) is 5.13. The molecule has 1 saturated heterocycles. The van der Waals surface area contributed by atoms with Crippen LogP contribution in [0, 0.1) is 0 Å². The van der Waals surface area contributed by atoms with Crippen LogP contribution < -0.4 is 4.74 Å². The van der Waals surface area contributed by atoms with Crippen LogP contribution in [-0.4, -0.2) is 60.2 Å². The molecule has 0 bridgehead atoms. The lowest BCUT2D eigenvalue weighted by atomic mass is 9.99. The molecule has 6 heteroatoms. The van der Waals surface area contributed by atoms with E-state index in [1.54, 1.807) is 7.11 Å². The number of likely N-dealkylation sites (tertiary alicyclic amines) is 1. The quantitative estimate of drug-likeness (QED) is 0.670. The van der Waals surface area contributed by atoms with Crippen LogP contribution in [0.2, 0.25) is 0 Å². The van der Waals surface area contributed by atoms with E-state index in [2.05, 4.69) is 41.2 Å². The summed E-state index contributed by atoms with van der Waals surface area (Å²) >= 11 is 0. The highest BCUT2D eigenvalue weighted by Crippen LogP contribution is 2.31. The Bertz CT molecular complexity index is 813. The van der Waals surface area contributed by atoms with Crippen LogP contribution in [-0.2, 0) is 24.2 Å². The van der Waals surface area contributed by atoms with E-state index >= 15 is 0 Å². The molecular weight excluding hydrogens is 364 g/mol. The van der Waals surface area contributed by atoms with E-state index in [1.807, 2.05) is 6.07 Å². The molecule has 1 fully saturated rings. The van der Waals surface area contributed by atoms with Crippen LogP contribution in [0.5, 0.6) is 5.75 Å². The number of methoxy groups -OCH3 is 1. The summed E-state index contributed by atoms with van der Waals surface area (Å²) in [4.78, 5) is 14.7. The Balaban J connectivity index is 1.48. The van der Waals surface area contributed by atoms with Crippen LogP contribution in [0.4, 0.5) is 0 Å². The van der Waals surface area contributed by atoms with Gasteiger partial charge in [0.2, 0.25) is 0 Å². The van der Waals surface area contributed by atoms with Crippen molar-refractivity contribution in [3.8, 4) is 5.75 Å². The van der Waals surface area contributed by atoms with Crippen molar-refractivity contribution in [2.24, 2.45) is 0 Å². The van der Waals surface area contributed by atoms with Gasteiger partial charge in [0.25, 0.3) is 0 Å². The number of hydrogen-bond acceptors (Lipinski definition) is 6. The number of piperidine rings is 1. The molecule has 2 aromatic rings. The summed E-state index contributed by atoms with van der Waals surface area (Å²) in [6, 6.07) is 8.70. The summed E-state index contributed by atoms with van der Waals surface area (Å²) in [5, 5.41) is 0. The molecule has 3 heterocycles. The minimum absolute atomic E-state index is 0.298. The zero-order chi connectivity index (χ0) is 20.1. The molecule has 2 aliphatic heterocycles. The zero-order valence-electron chi connectivity index (χ0n) is 17.6. The lowest BCUT2D eigenvalue weighted by Gasteiger charge is -2.35. The monoisotopic (exact) mass is 396 g/mol. The smallest absolute Gasteiger partial charge is 0.145 e. The highest BCUT2D eigenvalue weighted by molar-refractivity contribution is 5.29. The molecule has 0 saturated carbocycles. The van der Waals surface area contributed by atoms with E-state index in [4.69, 9.17) is 19.4 Å². The van der Waals surface area contributed by atoms with Crippen molar-refractivity contribution in [2.75, 3.05) is 40.5 Å². The summed E-state index contributed by atoms with van der Waals surface area (Å²) in [6.07, 6.45) is 6.68. The molecule has 4 rings (SSSR count). The first kappa shape index (κ1) is 20.3. The molecule has 156 valence electrons. The Hall–Kier alpha value is -2.02. The summed E-state index contributed by atoms with van der Waals surface area (Å²) in [5.41, 5.74) is 3.80. The zero-order valence-corrected chi connectivity index (χ0v) is 17.6. The normalized spacial score (nSPS) is 20.4. The third-order valence-corrected chi connectivity index (χ3v) is 5.90. The van der Waals surface area contributed by atoms with E-state index in [1.165, 1.54) is 29.7 Å². The van der Waals surface area contributed by atoms with Crippen LogP contribution in [0.1, 0.15) is 47.9 Å². The van der Waals surface area contributed by atoms with E-state index in [0.29, 0.717) is 19.3 Å². The van der Waals surface area contributed by atoms with Gasteiger partial charge in [0.05, 0.1) is 12.6 Å². The van der Waals surface area contributed by atoms with Crippen molar-refractivity contribution in [3.05, 3.63) is 53.1 Å². The second kappa shape index (κ2) is 9.65. The van der Waals surface area contributed by atoms with Gasteiger partial charge in [0.15, 0.2) is 0 Å². The average molecular weight is 397 g/mol. The maximum absolute atomic E-state index is 5.79. The van der Waals surface area contributed by atoms with Gasteiger partial charge in [-0.3, -0.25) is 4.90 Å². The number of nitrogens with zero attached hydrogens (tertiary/aromatic N) is 4. The number of benzene rings is 1. The highest BCUT2D eigenvalue weighted by atomic mass is 16.5. The standard InChI is InChI=1S/C23H32N4O2/c1-26-11-9-21-19(17-26)15-24-23(25-21)22-8-3-4-10-27(22)16-18-6-5-7-20(14-18)29-13-12-28-2/h5-7,14-15,22H,3-4,8-13,16-17H2,1-2H3/t22-/m1/s1. The summed E-state index contributed by atoms with van der Waals surface area (Å²) in [5.74, 6) is 1.91. The first-order valence-corrected chi connectivity index (χ1v) is 10.7. The Morgan fingerprint density at radius 3 is 3.00 bits per heavy atom. The molecular formula is C23H32N4O2. The summed E-state index contributed by atoms with van der Waals surface area (Å²) < 4.78 is 10.9. The molecule has 0 aliphatic carbocycles. The average Bonchev–Trinajstić information content (AvgIpc) is 2.74. The Morgan fingerprint density at radius 2 is 2.10 bits per heavy atom. The fraction of sp³-hybridized carbons (Fsp3) is 0.565. The Morgan fingerprint density at radius 1 is 1.17 bits per heavy atom. The fourth-order valence-electron chi connectivity index (χ4n) is 4.32. The van der Waals surface area contributed by atoms with E-state index in [0.717, 1.165) is 50.6 Å². The minimum atomic E-state index is 0.298. The number of aromatic nitrogens is 2. The SMILES string of the molecule is COCCOc1cccc(CN2CCCC[C@@H]2c2ncc3c(n2)CCN(C)C3)c1. The van der Waals surface area contributed by atoms with E-state index in [9.17, 15) is 0 Å². The largest absolute Gasteiger partial charge is 0.491 e. The van der Waals surface area contributed by atoms with Crippen LogP contribution in [0.25, 0.3) is 0 Å². The molecule has 6 nitrogen and oxygen atoms in total. The van der Waals surface area contributed by atoms with Gasteiger partial charge in [-0.2, -0.15) is 0 Å². The van der Waals surface area contributed by atoms with Crippen molar-refractivity contribution in [2.45, 2.75) is 44.8 Å². The lowest BCUT2D eigenvalue weighted by molar-refractivity contribution is 0.132. The minimum Gasteiger partial charge on any atom is -0.491 e. The molecule has 2 aliphatic rings. The predicted molar refractivity (Wildman–Crippen MR) is 113 cm³/mol.